The number of fused-ring (bicyclic) bond motifs is 1. The molecule has 1 fully saturated rings. The Morgan fingerprint density at radius 2 is 2.24 bits per heavy atom. The number of aromatic nitrogens is 1. The van der Waals surface area contributed by atoms with Crippen LogP contribution in [0.3, 0.4) is 0 Å². The second-order valence-corrected chi connectivity index (χ2v) is 5.27. The van der Waals surface area contributed by atoms with Gasteiger partial charge in [-0.25, -0.2) is 5.06 Å². The van der Waals surface area contributed by atoms with E-state index in [-0.39, 0.29) is 12.1 Å². The lowest BCUT2D eigenvalue weighted by Gasteiger charge is -2.25. The lowest BCUT2D eigenvalue weighted by molar-refractivity contribution is -0.0755. The van der Waals surface area contributed by atoms with Gasteiger partial charge in [-0.3, -0.25) is 9.63 Å². The molecule has 0 N–H and O–H groups in total. The zero-order chi connectivity index (χ0) is 14.8. The summed E-state index contributed by atoms with van der Waals surface area (Å²) in [6, 6.07) is 7.73. The van der Waals surface area contributed by atoms with Crippen molar-refractivity contribution in [2.24, 2.45) is 0 Å². The highest BCUT2D eigenvalue weighted by atomic mass is 16.7. The molecule has 1 aliphatic heterocycles. The summed E-state index contributed by atoms with van der Waals surface area (Å²) >= 11 is 0. The molecule has 1 amide bonds. The molecule has 5 heteroatoms. The molecule has 1 unspecified atom stereocenters. The Balaban J connectivity index is 2.01. The molecule has 2 heterocycles. The Kier molecular flexibility index (Phi) is 3.94. The largest absolute Gasteiger partial charge is 0.358 e. The molecular formula is C16H20N2O3. The van der Waals surface area contributed by atoms with E-state index in [2.05, 4.69) is 4.57 Å². The standard InChI is InChI=1S/C16H20N2O3/c1-17(20-2)16(19)13-6-5-7-14-12(13)9-10-18(14)15-8-3-4-11-21-15/h5-7,9-10,15H,3-4,8,11H2,1-2H3. The van der Waals surface area contributed by atoms with Crippen LogP contribution < -0.4 is 0 Å². The minimum absolute atomic E-state index is 0.0711. The maximum atomic E-state index is 12.3. The Hall–Kier alpha value is -1.85. The first kappa shape index (κ1) is 14.1. The smallest absolute Gasteiger partial charge is 0.277 e. The van der Waals surface area contributed by atoms with E-state index in [4.69, 9.17) is 9.57 Å². The average molecular weight is 288 g/mol. The maximum absolute atomic E-state index is 12.3. The number of carbonyl (C=O) groups is 1. The van der Waals surface area contributed by atoms with Gasteiger partial charge in [0.1, 0.15) is 6.23 Å². The first-order valence-corrected chi connectivity index (χ1v) is 7.25. The third kappa shape index (κ3) is 2.54. The van der Waals surface area contributed by atoms with Gasteiger partial charge in [-0.2, -0.15) is 0 Å². The van der Waals surface area contributed by atoms with E-state index in [0.717, 1.165) is 30.4 Å². The predicted molar refractivity (Wildman–Crippen MR) is 79.9 cm³/mol. The Morgan fingerprint density at radius 3 is 2.95 bits per heavy atom. The number of benzene rings is 1. The van der Waals surface area contributed by atoms with Gasteiger partial charge in [0.2, 0.25) is 0 Å². The van der Waals surface area contributed by atoms with Crippen LogP contribution in [-0.2, 0) is 9.57 Å². The summed E-state index contributed by atoms with van der Waals surface area (Å²) in [5.74, 6) is -0.148. The second-order valence-electron chi connectivity index (χ2n) is 5.27. The topological polar surface area (TPSA) is 43.7 Å². The normalized spacial score (nSPS) is 18.9. The van der Waals surface area contributed by atoms with Gasteiger partial charge < -0.3 is 9.30 Å². The van der Waals surface area contributed by atoms with Crippen LogP contribution in [0.1, 0.15) is 35.8 Å². The number of carbonyl (C=O) groups excluding carboxylic acids is 1. The van der Waals surface area contributed by atoms with E-state index < -0.39 is 0 Å². The fraction of sp³-hybridized carbons (Fsp3) is 0.438. The Morgan fingerprint density at radius 1 is 1.38 bits per heavy atom. The minimum atomic E-state index is -0.148. The van der Waals surface area contributed by atoms with Crippen LogP contribution in [0.2, 0.25) is 0 Å². The van der Waals surface area contributed by atoms with Crippen LogP contribution in [0, 0.1) is 0 Å². The molecule has 1 aromatic heterocycles. The maximum Gasteiger partial charge on any atom is 0.277 e. The number of amides is 1. The highest BCUT2D eigenvalue weighted by Crippen LogP contribution is 2.29. The van der Waals surface area contributed by atoms with Crippen molar-refractivity contribution in [3.8, 4) is 0 Å². The number of hydrogen-bond donors (Lipinski definition) is 0. The molecule has 0 aliphatic carbocycles. The van der Waals surface area contributed by atoms with Gasteiger partial charge in [-0.15, -0.1) is 0 Å². The van der Waals surface area contributed by atoms with Gasteiger partial charge in [0, 0.05) is 25.2 Å². The van der Waals surface area contributed by atoms with Crippen molar-refractivity contribution >= 4 is 16.8 Å². The van der Waals surface area contributed by atoms with Crippen LogP contribution >= 0.6 is 0 Å². The lowest BCUT2D eigenvalue weighted by atomic mass is 10.1. The molecule has 1 saturated heterocycles. The second kappa shape index (κ2) is 5.87. The highest BCUT2D eigenvalue weighted by Gasteiger charge is 2.20. The number of hydroxylamine groups is 2. The molecule has 3 rings (SSSR count). The van der Waals surface area contributed by atoms with Crippen molar-refractivity contribution < 1.29 is 14.4 Å². The number of rotatable bonds is 3. The number of nitrogens with zero attached hydrogens (tertiary/aromatic N) is 2. The van der Waals surface area contributed by atoms with Gasteiger partial charge in [0.25, 0.3) is 5.91 Å². The Labute approximate surface area is 124 Å². The van der Waals surface area contributed by atoms with Gasteiger partial charge >= 0.3 is 0 Å². The van der Waals surface area contributed by atoms with Gasteiger partial charge in [0.05, 0.1) is 18.2 Å². The van der Waals surface area contributed by atoms with E-state index in [1.807, 2.05) is 30.5 Å². The first-order valence-electron chi connectivity index (χ1n) is 7.25. The van der Waals surface area contributed by atoms with Crippen molar-refractivity contribution in [2.45, 2.75) is 25.5 Å². The average Bonchev–Trinajstić information content (AvgIpc) is 2.98. The predicted octanol–water partition coefficient (Wildman–Crippen LogP) is 2.97. The van der Waals surface area contributed by atoms with Crippen LogP contribution in [0.5, 0.6) is 0 Å². The summed E-state index contributed by atoms with van der Waals surface area (Å²) in [5.41, 5.74) is 1.67. The molecular weight excluding hydrogens is 268 g/mol. The van der Waals surface area contributed by atoms with Crippen molar-refractivity contribution in [2.75, 3.05) is 20.8 Å². The zero-order valence-electron chi connectivity index (χ0n) is 12.4. The van der Waals surface area contributed by atoms with Gasteiger partial charge in [-0.1, -0.05) is 6.07 Å². The van der Waals surface area contributed by atoms with Crippen LogP contribution in [0.15, 0.2) is 30.5 Å². The molecule has 0 spiro atoms. The van der Waals surface area contributed by atoms with Crippen LogP contribution in [0.25, 0.3) is 10.9 Å². The summed E-state index contributed by atoms with van der Waals surface area (Å²) in [6.07, 6.45) is 5.39. The quantitative estimate of drug-likeness (QED) is 0.816. The van der Waals surface area contributed by atoms with Gasteiger partial charge in [-0.05, 0) is 37.5 Å². The van der Waals surface area contributed by atoms with E-state index in [0.29, 0.717) is 5.56 Å². The van der Waals surface area contributed by atoms with Crippen molar-refractivity contribution in [3.63, 3.8) is 0 Å². The summed E-state index contributed by atoms with van der Waals surface area (Å²) in [4.78, 5) is 17.3. The molecule has 0 bridgehead atoms. The molecule has 112 valence electrons. The molecule has 1 aliphatic rings. The summed E-state index contributed by atoms with van der Waals surface area (Å²) in [7, 11) is 3.10. The molecule has 1 atom stereocenters. The molecule has 1 aromatic carbocycles. The van der Waals surface area contributed by atoms with E-state index in [9.17, 15) is 4.79 Å². The lowest BCUT2D eigenvalue weighted by Crippen LogP contribution is -2.25. The van der Waals surface area contributed by atoms with E-state index in [1.54, 1.807) is 7.05 Å². The fourth-order valence-corrected chi connectivity index (χ4v) is 2.82. The zero-order valence-corrected chi connectivity index (χ0v) is 12.4. The fourth-order valence-electron chi connectivity index (χ4n) is 2.82. The van der Waals surface area contributed by atoms with Crippen LogP contribution in [-0.4, -0.2) is 36.3 Å². The van der Waals surface area contributed by atoms with Gasteiger partial charge in [0.15, 0.2) is 0 Å². The molecule has 21 heavy (non-hydrogen) atoms. The minimum Gasteiger partial charge on any atom is -0.358 e. The third-order valence-electron chi connectivity index (χ3n) is 4.02. The highest BCUT2D eigenvalue weighted by molar-refractivity contribution is 6.06. The molecule has 2 aromatic rings. The van der Waals surface area contributed by atoms with Crippen LogP contribution in [0.4, 0.5) is 0 Å². The SMILES string of the molecule is CON(C)C(=O)c1cccc2c1ccn2C1CCCCO1. The molecule has 0 radical (unpaired) electrons. The number of ether oxygens (including phenoxy) is 1. The Bertz CT molecular complexity index is 644. The summed E-state index contributed by atoms with van der Waals surface area (Å²) in [6.45, 7) is 0.801. The van der Waals surface area contributed by atoms with E-state index in [1.165, 1.54) is 18.6 Å². The van der Waals surface area contributed by atoms with E-state index >= 15 is 0 Å². The third-order valence-corrected chi connectivity index (χ3v) is 4.02. The summed E-state index contributed by atoms with van der Waals surface area (Å²) < 4.78 is 7.97. The summed E-state index contributed by atoms with van der Waals surface area (Å²) in [5, 5.41) is 2.17. The van der Waals surface area contributed by atoms with Crippen molar-refractivity contribution in [3.05, 3.63) is 36.0 Å². The van der Waals surface area contributed by atoms with Crippen molar-refractivity contribution in [1.82, 2.24) is 9.63 Å². The first-order chi connectivity index (χ1) is 10.2. The molecule has 0 saturated carbocycles. The monoisotopic (exact) mass is 288 g/mol. The molecule has 5 nitrogen and oxygen atoms in total. The number of hydrogen-bond acceptors (Lipinski definition) is 3. The van der Waals surface area contributed by atoms with Crippen molar-refractivity contribution in [1.29, 1.82) is 0 Å².